The Morgan fingerprint density at radius 2 is 2.27 bits per heavy atom. The van der Waals surface area contributed by atoms with Crippen molar-refractivity contribution in [1.82, 2.24) is 10.3 Å². The number of nitrogens with one attached hydrogen (secondary N) is 1. The first kappa shape index (κ1) is 11.7. The molecule has 0 aliphatic rings. The molecular weight excluding hydrogens is 184 g/mol. The van der Waals surface area contributed by atoms with E-state index in [1.165, 1.54) is 5.56 Å². The van der Waals surface area contributed by atoms with Crippen LogP contribution in [0, 0.1) is 18.8 Å². The van der Waals surface area contributed by atoms with Crippen LogP contribution in [0.25, 0.3) is 0 Å². The fourth-order valence-corrected chi connectivity index (χ4v) is 1.44. The van der Waals surface area contributed by atoms with Gasteiger partial charge >= 0.3 is 0 Å². The molecule has 0 saturated heterocycles. The van der Waals surface area contributed by atoms with Crippen molar-refractivity contribution in [3.05, 3.63) is 29.6 Å². The Morgan fingerprint density at radius 1 is 1.47 bits per heavy atom. The van der Waals surface area contributed by atoms with Gasteiger partial charge in [0.25, 0.3) is 0 Å². The lowest BCUT2D eigenvalue weighted by Crippen LogP contribution is -2.20. The third-order valence-electron chi connectivity index (χ3n) is 2.27. The summed E-state index contributed by atoms with van der Waals surface area (Å²) in [6.07, 6.45) is 2.77. The van der Waals surface area contributed by atoms with Gasteiger partial charge in [-0.3, -0.25) is 4.98 Å². The molecule has 0 bridgehead atoms. The van der Waals surface area contributed by atoms with Crippen LogP contribution in [-0.2, 0) is 0 Å². The summed E-state index contributed by atoms with van der Waals surface area (Å²) in [5.41, 5.74) is 2.26. The topological polar surface area (TPSA) is 24.9 Å². The van der Waals surface area contributed by atoms with Crippen LogP contribution in [0.2, 0.25) is 0 Å². The van der Waals surface area contributed by atoms with Gasteiger partial charge in [0.05, 0.1) is 0 Å². The van der Waals surface area contributed by atoms with Crippen molar-refractivity contribution in [2.24, 2.45) is 0 Å². The fraction of sp³-hybridized carbons (Fsp3) is 0.462. The third kappa shape index (κ3) is 3.73. The predicted octanol–water partition coefficient (Wildman–Crippen LogP) is 2.45. The number of hydrogen-bond donors (Lipinski definition) is 1. The SMILES string of the molecule is CC#CCC(NCC)c1ccc(C)nc1. The molecule has 0 aliphatic heterocycles. The summed E-state index contributed by atoms with van der Waals surface area (Å²) >= 11 is 0. The fourth-order valence-electron chi connectivity index (χ4n) is 1.44. The van der Waals surface area contributed by atoms with Gasteiger partial charge in [-0.1, -0.05) is 13.0 Å². The zero-order valence-corrected chi connectivity index (χ0v) is 9.67. The van der Waals surface area contributed by atoms with Crippen LogP contribution in [0.3, 0.4) is 0 Å². The molecule has 2 heteroatoms. The molecule has 0 spiro atoms. The summed E-state index contributed by atoms with van der Waals surface area (Å²) in [6.45, 7) is 6.92. The van der Waals surface area contributed by atoms with Crippen molar-refractivity contribution in [2.75, 3.05) is 6.54 Å². The normalized spacial score (nSPS) is 11.7. The molecule has 1 rings (SSSR count). The maximum absolute atomic E-state index is 4.30. The number of nitrogens with zero attached hydrogens (tertiary/aromatic N) is 1. The van der Waals surface area contributed by atoms with Crippen molar-refractivity contribution in [3.8, 4) is 11.8 Å². The first-order valence-electron chi connectivity index (χ1n) is 5.33. The van der Waals surface area contributed by atoms with Crippen molar-refractivity contribution >= 4 is 0 Å². The Hall–Kier alpha value is -1.33. The van der Waals surface area contributed by atoms with Gasteiger partial charge in [-0.2, -0.15) is 0 Å². The first-order chi connectivity index (χ1) is 7.27. The van der Waals surface area contributed by atoms with Gasteiger partial charge in [0.15, 0.2) is 0 Å². The standard InChI is InChI=1S/C13H18N2/c1-4-6-7-13(14-5-2)12-9-8-11(3)15-10-12/h8-10,13-14H,5,7H2,1-3H3. The first-order valence-corrected chi connectivity index (χ1v) is 5.33. The number of pyridine rings is 1. The molecule has 1 heterocycles. The van der Waals surface area contributed by atoms with Gasteiger partial charge in [-0.15, -0.1) is 11.8 Å². The lowest BCUT2D eigenvalue weighted by molar-refractivity contribution is 0.563. The minimum absolute atomic E-state index is 0.301. The monoisotopic (exact) mass is 202 g/mol. The summed E-state index contributed by atoms with van der Waals surface area (Å²) in [7, 11) is 0. The predicted molar refractivity (Wildman–Crippen MR) is 63.5 cm³/mol. The average molecular weight is 202 g/mol. The Balaban J connectivity index is 2.76. The number of aromatic nitrogens is 1. The molecule has 1 aromatic rings. The minimum atomic E-state index is 0.301. The molecule has 0 aromatic carbocycles. The largest absolute Gasteiger partial charge is 0.309 e. The van der Waals surface area contributed by atoms with E-state index < -0.39 is 0 Å². The molecule has 0 radical (unpaired) electrons. The van der Waals surface area contributed by atoms with Crippen LogP contribution in [0.4, 0.5) is 0 Å². The number of hydrogen-bond acceptors (Lipinski definition) is 2. The lowest BCUT2D eigenvalue weighted by atomic mass is 10.1. The van der Waals surface area contributed by atoms with Gasteiger partial charge in [0.1, 0.15) is 0 Å². The molecule has 1 aromatic heterocycles. The third-order valence-corrected chi connectivity index (χ3v) is 2.27. The van der Waals surface area contributed by atoms with E-state index in [-0.39, 0.29) is 0 Å². The Morgan fingerprint density at radius 3 is 2.80 bits per heavy atom. The average Bonchev–Trinajstić information content (AvgIpc) is 2.25. The Kier molecular flexibility index (Phi) is 4.86. The zero-order valence-electron chi connectivity index (χ0n) is 9.67. The van der Waals surface area contributed by atoms with Gasteiger partial charge < -0.3 is 5.32 Å². The molecule has 2 nitrogen and oxygen atoms in total. The Labute approximate surface area is 92.1 Å². The van der Waals surface area contributed by atoms with E-state index in [1.54, 1.807) is 0 Å². The summed E-state index contributed by atoms with van der Waals surface area (Å²) < 4.78 is 0. The minimum Gasteiger partial charge on any atom is -0.309 e. The molecule has 0 fully saturated rings. The highest BCUT2D eigenvalue weighted by atomic mass is 14.9. The van der Waals surface area contributed by atoms with Crippen molar-refractivity contribution in [2.45, 2.75) is 33.2 Å². The Bertz CT molecular complexity index is 343. The lowest BCUT2D eigenvalue weighted by Gasteiger charge is -2.15. The molecular formula is C13H18N2. The van der Waals surface area contributed by atoms with Crippen molar-refractivity contribution in [3.63, 3.8) is 0 Å². The molecule has 0 aliphatic carbocycles. The number of rotatable bonds is 4. The summed E-state index contributed by atoms with van der Waals surface area (Å²) in [5, 5.41) is 3.41. The molecule has 1 N–H and O–H groups in total. The highest BCUT2D eigenvalue weighted by molar-refractivity contribution is 5.19. The van der Waals surface area contributed by atoms with Gasteiger partial charge in [-0.25, -0.2) is 0 Å². The highest BCUT2D eigenvalue weighted by Gasteiger charge is 2.08. The van der Waals surface area contributed by atoms with Crippen LogP contribution in [-0.4, -0.2) is 11.5 Å². The second-order valence-corrected chi connectivity index (χ2v) is 3.47. The molecule has 1 unspecified atom stereocenters. The summed E-state index contributed by atoms with van der Waals surface area (Å²) in [4.78, 5) is 4.30. The van der Waals surface area contributed by atoms with E-state index in [1.807, 2.05) is 26.1 Å². The maximum Gasteiger partial charge on any atom is 0.0446 e. The summed E-state index contributed by atoms with van der Waals surface area (Å²) in [5.74, 6) is 6.03. The quantitative estimate of drug-likeness (QED) is 0.759. The second kappa shape index (κ2) is 6.21. The molecule has 15 heavy (non-hydrogen) atoms. The van der Waals surface area contributed by atoms with Crippen LogP contribution >= 0.6 is 0 Å². The van der Waals surface area contributed by atoms with Crippen LogP contribution in [0.1, 0.15) is 37.6 Å². The van der Waals surface area contributed by atoms with E-state index in [2.05, 4.69) is 35.1 Å². The van der Waals surface area contributed by atoms with E-state index in [0.29, 0.717) is 6.04 Å². The van der Waals surface area contributed by atoms with E-state index >= 15 is 0 Å². The summed E-state index contributed by atoms with van der Waals surface area (Å²) in [6, 6.07) is 4.46. The van der Waals surface area contributed by atoms with E-state index in [9.17, 15) is 0 Å². The number of aryl methyl sites for hydroxylation is 1. The van der Waals surface area contributed by atoms with Crippen molar-refractivity contribution in [1.29, 1.82) is 0 Å². The van der Waals surface area contributed by atoms with Crippen LogP contribution in [0.5, 0.6) is 0 Å². The van der Waals surface area contributed by atoms with E-state index in [0.717, 1.165) is 18.7 Å². The molecule has 0 amide bonds. The smallest absolute Gasteiger partial charge is 0.0446 e. The van der Waals surface area contributed by atoms with Gasteiger partial charge in [0, 0.05) is 24.4 Å². The van der Waals surface area contributed by atoms with E-state index in [4.69, 9.17) is 0 Å². The van der Waals surface area contributed by atoms with Crippen LogP contribution < -0.4 is 5.32 Å². The van der Waals surface area contributed by atoms with Gasteiger partial charge in [-0.05, 0) is 32.0 Å². The molecule has 80 valence electrons. The molecule has 0 saturated carbocycles. The maximum atomic E-state index is 4.30. The highest BCUT2D eigenvalue weighted by Crippen LogP contribution is 2.15. The second-order valence-electron chi connectivity index (χ2n) is 3.47. The van der Waals surface area contributed by atoms with Gasteiger partial charge in [0.2, 0.25) is 0 Å². The van der Waals surface area contributed by atoms with Crippen molar-refractivity contribution < 1.29 is 0 Å². The zero-order chi connectivity index (χ0) is 11.1. The molecule has 1 atom stereocenters. The van der Waals surface area contributed by atoms with Crippen LogP contribution in [0.15, 0.2) is 18.3 Å².